The van der Waals surface area contributed by atoms with E-state index < -0.39 is 0 Å². The second kappa shape index (κ2) is 10.0. The highest BCUT2D eigenvalue weighted by Crippen LogP contribution is 2.15. The van der Waals surface area contributed by atoms with E-state index in [-0.39, 0.29) is 12.5 Å². The Morgan fingerprint density at radius 2 is 2.16 bits per heavy atom. The number of carbonyl (C=O) groups is 1. The second-order valence-corrected chi connectivity index (χ2v) is 6.33. The normalized spacial score (nSPS) is 18.2. The number of likely N-dealkylation sites (N-methyl/N-ethyl adjacent to an activating group) is 1. The Kier molecular flexibility index (Phi) is 7.73. The Hall–Kier alpha value is -2.08. The van der Waals surface area contributed by atoms with Crippen LogP contribution in [-0.2, 0) is 11.2 Å². The summed E-state index contributed by atoms with van der Waals surface area (Å²) >= 11 is 0. The lowest BCUT2D eigenvalue weighted by molar-refractivity contribution is -0.115. The first-order valence-electron chi connectivity index (χ1n) is 9.23. The van der Waals surface area contributed by atoms with Crippen molar-refractivity contribution in [3.8, 4) is 0 Å². The molecular weight excluding hydrogens is 314 g/mol. The summed E-state index contributed by atoms with van der Waals surface area (Å²) in [6, 6.07) is 8.48. The summed E-state index contributed by atoms with van der Waals surface area (Å²) in [5, 5.41) is 9.33. The van der Waals surface area contributed by atoms with Crippen LogP contribution >= 0.6 is 0 Å². The number of aryl methyl sites for hydroxylation is 1. The van der Waals surface area contributed by atoms with Crippen molar-refractivity contribution in [3.05, 3.63) is 29.8 Å². The molecule has 6 nitrogen and oxygen atoms in total. The first-order valence-corrected chi connectivity index (χ1v) is 9.23. The van der Waals surface area contributed by atoms with Crippen molar-refractivity contribution in [2.24, 2.45) is 4.99 Å². The Bertz CT molecular complexity index is 587. The molecule has 1 saturated heterocycles. The summed E-state index contributed by atoms with van der Waals surface area (Å²) < 4.78 is 0. The molecule has 0 aliphatic carbocycles. The Morgan fingerprint density at radius 1 is 1.32 bits per heavy atom. The van der Waals surface area contributed by atoms with Gasteiger partial charge in [-0.05, 0) is 50.0 Å². The van der Waals surface area contributed by atoms with Crippen LogP contribution < -0.4 is 16.0 Å². The van der Waals surface area contributed by atoms with Gasteiger partial charge in [-0.1, -0.05) is 26.0 Å². The quantitative estimate of drug-likeness (QED) is 0.521. The Morgan fingerprint density at radius 3 is 2.88 bits per heavy atom. The maximum Gasteiger partial charge on any atom is 0.243 e. The molecule has 25 heavy (non-hydrogen) atoms. The van der Waals surface area contributed by atoms with E-state index in [1.165, 1.54) is 24.9 Å². The zero-order valence-corrected chi connectivity index (χ0v) is 15.6. The second-order valence-electron chi connectivity index (χ2n) is 6.33. The molecule has 1 amide bonds. The first kappa shape index (κ1) is 19.2. The van der Waals surface area contributed by atoms with Gasteiger partial charge in [0.1, 0.15) is 0 Å². The standard InChI is InChI=1S/C19H31N5O/c1-4-15-8-6-9-16(12-15)23-18(25)14-22-19(20-3)21-13-17-10-7-11-24(17)5-2/h6,8-9,12,17H,4-5,7,10-11,13-14H2,1-3H3,(H,23,25)(H2,20,21,22). The van der Waals surface area contributed by atoms with Gasteiger partial charge in [-0.25, -0.2) is 0 Å². The van der Waals surface area contributed by atoms with Crippen molar-refractivity contribution >= 4 is 17.6 Å². The molecular formula is C19H31N5O. The maximum absolute atomic E-state index is 12.1. The number of nitrogens with one attached hydrogen (secondary N) is 3. The van der Waals surface area contributed by atoms with E-state index in [2.05, 4.69) is 45.8 Å². The van der Waals surface area contributed by atoms with Gasteiger partial charge in [0.25, 0.3) is 0 Å². The number of guanidine groups is 1. The number of rotatable bonds is 7. The molecule has 0 saturated carbocycles. The molecule has 1 aliphatic rings. The van der Waals surface area contributed by atoms with Gasteiger partial charge >= 0.3 is 0 Å². The lowest BCUT2D eigenvalue weighted by atomic mass is 10.1. The summed E-state index contributed by atoms with van der Waals surface area (Å²) in [4.78, 5) is 18.8. The molecule has 0 aromatic heterocycles. The molecule has 1 aromatic carbocycles. The van der Waals surface area contributed by atoms with Crippen LogP contribution in [0.25, 0.3) is 0 Å². The predicted octanol–water partition coefficient (Wildman–Crippen LogP) is 1.84. The summed E-state index contributed by atoms with van der Waals surface area (Å²) in [6.45, 7) is 7.60. The highest BCUT2D eigenvalue weighted by molar-refractivity contribution is 5.95. The number of aliphatic imine (C=N–C) groups is 1. The third-order valence-corrected chi connectivity index (χ3v) is 4.67. The Balaban J connectivity index is 1.75. The highest BCUT2D eigenvalue weighted by atomic mass is 16.1. The summed E-state index contributed by atoms with van der Waals surface area (Å²) in [6.07, 6.45) is 3.42. The average Bonchev–Trinajstić information content (AvgIpc) is 3.09. The van der Waals surface area contributed by atoms with Gasteiger partial charge < -0.3 is 16.0 Å². The molecule has 0 radical (unpaired) electrons. The minimum absolute atomic E-state index is 0.0766. The number of hydrogen-bond acceptors (Lipinski definition) is 3. The van der Waals surface area contributed by atoms with Gasteiger partial charge in [-0.3, -0.25) is 14.7 Å². The molecule has 3 N–H and O–H groups in total. The van der Waals surface area contributed by atoms with Crippen LogP contribution in [0.15, 0.2) is 29.3 Å². The molecule has 1 aliphatic heterocycles. The lowest BCUT2D eigenvalue weighted by Crippen LogP contribution is -2.46. The highest BCUT2D eigenvalue weighted by Gasteiger charge is 2.22. The summed E-state index contributed by atoms with van der Waals surface area (Å²) in [7, 11) is 1.73. The molecule has 0 bridgehead atoms. The van der Waals surface area contributed by atoms with E-state index >= 15 is 0 Å². The van der Waals surface area contributed by atoms with E-state index in [1.807, 2.05) is 18.2 Å². The van der Waals surface area contributed by atoms with Crippen molar-refractivity contribution < 1.29 is 4.79 Å². The number of likely N-dealkylation sites (tertiary alicyclic amines) is 1. The van der Waals surface area contributed by atoms with E-state index in [4.69, 9.17) is 0 Å². The van der Waals surface area contributed by atoms with Crippen LogP contribution in [0, 0.1) is 0 Å². The number of anilines is 1. The van der Waals surface area contributed by atoms with E-state index in [9.17, 15) is 4.79 Å². The van der Waals surface area contributed by atoms with Gasteiger partial charge in [0.05, 0.1) is 6.54 Å². The largest absolute Gasteiger partial charge is 0.355 e. The average molecular weight is 345 g/mol. The molecule has 1 fully saturated rings. The minimum Gasteiger partial charge on any atom is -0.355 e. The molecule has 1 heterocycles. The lowest BCUT2D eigenvalue weighted by Gasteiger charge is -2.23. The van der Waals surface area contributed by atoms with Crippen LogP contribution in [0.3, 0.4) is 0 Å². The fraction of sp³-hybridized carbons (Fsp3) is 0.579. The molecule has 1 unspecified atom stereocenters. The minimum atomic E-state index is -0.0766. The number of amides is 1. The van der Waals surface area contributed by atoms with Gasteiger partial charge in [0, 0.05) is 25.3 Å². The number of hydrogen-bond donors (Lipinski definition) is 3. The van der Waals surface area contributed by atoms with Crippen LogP contribution in [0.2, 0.25) is 0 Å². The SMILES string of the molecule is CCc1cccc(NC(=O)CNC(=NC)NCC2CCCN2CC)c1. The summed E-state index contributed by atoms with van der Waals surface area (Å²) in [5.41, 5.74) is 2.04. The van der Waals surface area contributed by atoms with Crippen molar-refractivity contribution in [1.29, 1.82) is 0 Å². The van der Waals surface area contributed by atoms with Crippen molar-refractivity contribution in [1.82, 2.24) is 15.5 Å². The fourth-order valence-electron chi connectivity index (χ4n) is 3.22. The van der Waals surface area contributed by atoms with Gasteiger partial charge in [0.15, 0.2) is 5.96 Å². The first-order chi connectivity index (χ1) is 12.2. The zero-order chi connectivity index (χ0) is 18.1. The summed E-state index contributed by atoms with van der Waals surface area (Å²) in [5.74, 6) is 0.590. The molecule has 1 aromatic rings. The smallest absolute Gasteiger partial charge is 0.243 e. The monoisotopic (exact) mass is 345 g/mol. The van der Waals surface area contributed by atoms with Crippen molar-refractivity contribution in [3.63, 3.8) is 0 Å². The number of carbonyl (C=O) groups excluding carboxylic acids is 1. The molecule has 138 valence electrons. The van der Waals surface area contributed by atoms with Crippen LogP contribution in [0.4, 0.5) is 5.69 Å². The van der Waals surface area contributed by atoms with Gasteiger partial charge in [-0.15, -0.1) is 0 Å². The zero-order valence-electron chi connectivity index (χ0n) is 15.6. The van der Waals surface area contributed by atoms with Crippen LogP contribution in [-0.4, -0.2) is 56.0 Å². The van der Waals surface area contributed by atoms with E-state index in [0.29, 0.717) is 12.0 Å². The molecule has 0 spiro atoms. The molecule has 6 heteroatoms. The van der Waals surface area contributed by atoms with E-state index in [0.717, 1.165) is 25.2 Å². The topological polar surface area (TPSA) is 68.8 Å². The van der Waals surface area contributed by atoms with Crippen molar-refractivity contribution in [2.45, 2.75) is 39.2 Å². The predicted molar refractivity (Wildman–Crippen MR) is 104 cm³/mol. The van der Waals surface area contributed by atoms with Gasteiger partial charge in [0.2, 0.25) is 5.91 Å². The van der Waals surface area contributed by atoms with Crippen LogP contribution in [0.1, 0.15) is 32.3 Å². The number of benzene rings is 1. The fourth-order valence-corrected chi connectivity index (χ4v) is 3.22. The van der Waals surface area contributed by atoms with Crippen molar-refractivity contribution in [2.75, 3.05) is 38.5 Å². The van der Waals surface area contributed by atoms with Gasteiger partial charge in [-0.2, -0.15) is 0 Å². The molecule has 1 atom stereocenters. The van der Waals surface area contributed by atoms with Crippen LogP contribution in [0.5, 0.6) is 0 Å². The Labute approximate surface area is 151 Å². The third-order valence-electron chi connectivity index (χ3n) is 4.67. The molecule has 2 rings (SSSR count). The maximum atomic E-state index is 12.1. The number of nitrogens with zero attached hydrogens (tertiary/aromatic N) is 2. The third kappa shape index (κ3) is 6.05. The van der Waals surface area contributed by atoms with E-state index in [1.54, 1.807) is 7.05 Å².